The van der Waals surface area contributed by atoms with Crippen molar-refractivity contribution in [2.45, 2.75) is 13.5 Å². The number of halogens is 1. The van der Waals surface area contributed by atoms with Crippen LogP contribution >= 0.6 is 0 Å². The first-order valence-corrected chi connectivity index (χ1v) is 8.36. The number of pyridine rings is 3. The second kappa shape index (κ2) is 6.69. The average Bonchev–Trinajstić information content (AvgIpc) is 3.12. The van der Waals surface area contributed by atoms with Gasteiger partial charge in [-0.25, -0.2) is 4.39 Å². The Bertz CT molecular complexity index is 1330. The van der Waals surface area contributed by atoms with Crippen molar-refractivity contribution in [1.29, 1.82) is 10.8 Å². The molecule has 2 N–H and O–H groups in total. The van der Waals surface area contributed by atoms with E-state index < -0.39 is 11.3 Å². The van der Waals surface area contributed by atoms with Crippen LogP contribution in [0.4, 0.5) is 4.39 Å². The fourth-order valence-electron chi connectivity index (χ4n) is 2.88. The molecule has 0 saturated heterocycles. The van der Waals surface area contributed by atoms with Crippen LogP contribution in [0.1, 0.15) is 5.69 Å². The first-order valence-electron chi connectivity index (χ1n) is 8.36. The quantitative estimate of drug-likeness (QED) is 0.421. The van der Waals surface area contributed by atoms with Crippen molar-refractivity contribution in [3.05, 3.63) is 76.3 Å². The monoisotopic (exact) mass is 378 g/mol. The molecule has 140 valence electrons. The first kappa shape index (κ1) is 17.5. The summed E-state index contributed by atoms with van der Waals surface area (Å²) in [5.74, 6) is -0.634. The van der Waals surface area contributed by atoms with Gasteiger partial charge >= 0.3 is 0 Å². The van der Waals surface area contributed by atoms with E-state index in [1.165, 1.54) is 17.0 Å². The van der Waals surface area contributed by atoms with Crippen LogP contribution in [0.25, 0.3) is 22.2 Å². The third-order valence-corrected chi connectivity index (χ3v) is 4.28. The van der Waals surface area contributed by atoms with Gasteiger partial charge in [-0.05, 0) is 31.2 Å². The number of hydrogen-bond donors (Lipinski definition) is 2. The van der Waals surface area contributed by atoms with E-state index in [4.69, 9.17) is 15.3 Å². The van der Waals surface area contributed by atoms with Crippen LogP contribution in [0.2, 0.25) is 0 Å². The standard InChI is InChI=1S/C19H15FN6O2/c1-11-7-16(28-24-11)12-8-14(20)18(22)26(9-12)17(21)10-25-6-4-15-13(19(25)27)3-2-5-23-15/h2-9,21-22H,10H2,1H3. The van der Waals surface area contributed by atoms with E-state index in [0.717, 1.165) is 10.6 Å². The predicted octanol–water partition coefficient (Wildman–Crippen LogP) is 2.31. The summed E-state index contributed by atoms with van der Waals surface area (Å²) in [4.78, 5) is 16.7. The second-order valence-electron chi connectivity index (χ2n) is 6.26. The minimum Gasteiger partial charge on any atom is -0.356 e. The van der Waals surface area contributed by atoms with Crippen LogP contribution in [0.3, 0.4) is 0 Å². The highest BCUT2D eigenvalue weighted by Gasteiger charge is 2.13. The van der Waals surface area contributed by atoms with E-state index in [2.05, 4.69) is 10.1 Å². The smallest absolute Gasteiger partial charge is 0.260 e. The van der Waals surface area contributed by atoms with Crippen molar-refractivity contribution in [2.75, 3.05) is 0 Å². The van der Waals surface area contributed by atoms with E-state index in [-0.39, 0.29) is 17.9 Å². The predicted molar refractivity (Wildman–Crippen MR) is 99.6 cm³/mol. The summed E-state index contributed by atoms with van der Waals surface area (Å²) in [6.45, 7) is 1.60. The Kier molecular flexibility index (Phi) is 4.19. The van der Waals surface area contributed by atoms with Crippen molar-refractivity contribution in [1.82, 2.24) is 19.3 Å². The van der Waals surface area contributed by atoms with Gasteiger partial charge in [0.25, 0.3) is 5.56 Å². The Morgan fingerprint density at radius 2 is 2.14 bits per heavy atom. The van der Waals surface area contributed by atoms with E-state index >= 15 is 0 Å². The molecule has 4 aromatic heterocycles. The van der Waals surface area contributed by atoms with Crippen LogP contribution < -0.4 is 11.0 Å². The highest BCUT2D eigenvalue weighted by atomic mass is 19.1. The van der Waals surface area contributed by atoms with E-state index in [9.17, 15) is 9.18 Å². The molecule has 0 aromatic carbocycles. The zero-order chi connectivity index (χ0) is 19.8. The summed E-state index contributed by atoms with van der Waals surface area (Å²) >= 11 is 0. The molecule has 0 aliphatic rings. The molecule has 4 heterocycles. The van der Waals surface area contributed by atoms with Crippen LogP contribution in [0.5, 0.6) is 0 Å². The van der Waals surface area contributed by atoms with Gasteiger partial charge < -0.3 is 9.09 Å². The summed E-state index contributed by atoms with van der Waals surface area (Å²) < 4.78 is 21.8. The SMILES string of the molecule is Cc1cc(-c2cc(F)c(=N)n(C(=N)Cn3ccc4ncccc4c3=O)c2)on1. The zero-order valence-electron chi connectivity index (χ0n) is 14.8. The number of nitrogens with zero attached hydrogens (tertiary/aromatic N) is 4. The fraction of sp³-hybridized carbons (Fsp3) is 0.105. The number of aryl methyl sites for hydroxylation is 1. The number of nitrogens with one attached hydrogen (secondary N) is 2. The minimum absolute atomic E-state index is 0.140. The van der Waals surface area contributed by atoms with E-state index in [1.54, 1.807) is 37.4 Å². The van der Waals surface area contributed by atoms with Crippen molar-refractivity contribution in [3.63, 3.8) is 0 Å². The Morgan fingerprint density at radius 3 is 2.89 bits per heavy atom. The number of hydrogen-bond acceptors (Lipinski definition) is 6. The highest BCUT2D eigenvalue weighted by Crippen LogP contribution is 2.19. The molecule has 8 nitrogen and oxygen atoms in total. The molecule has 0 saturated carbocycles. The normalized spacial score (nSPS) is 11.1. The van der Waals surface area contributed by atoms with Gasteiger partial charge in [0.2, 0.25) is 0 Å². The molecule has 0 bridgehead atoms. The lowest BCUT2D eigenvalue weighted by Crippen LogP contribution is -2.34. The molecule has 9 heteroatoms. The van der Waals surface area contributed by atoms with Crippen molar-refractivity contribution in [3.8, 4) is 11.3 Å². The summed E-state index contributed by atoms with van der Waals surface area (Å²) in [6, 6.07) is 7.77. The van der Waals surface area contributed by atoms with Gasteiger partial charge in [0, 0.05) is 30.2 Å². The molecule has 0 unspecified atom stereocenters. The molecule has 0 radical (unpaired) electrons. The van der Waals surface area contributed by atoms with E-state index in [1.807, 2.05) is 0 Å². The Balaban J connectivity index is 1.74. The maximum absolute atomic E-state index is 14.3. The lowest BCUT2D eigenvalue weighted by Gasteiger charge is -2.12. The van der Waals surface area contributed by atoms with Crippen LogP contribution in [0.15, 0.2) is 58.2 Å². The lowest BCUT2D eigenvalue weighted by atomic mass is 10.2. The molecule has 0 spiro atoms. The van der Waals surface area contributed by atoms with E-state index in [0.29, 0.717) is 27.9 Å². The van der Waals surface area contributed by atoms with Crippen molar-refractivity contribution in [2.24, 2.45) is 0 Å². The van der Waals surface area contributed by atoms with Crippen LogP contribution in [-0.4, -0.2) is 25.1 Å². The van der Waals surface area contributed by atoms with Gasteiger partial charge in [-0.15, -0.1) is 0 Å². The number of aromatic nitrogens is 4. The zero-order valence-corrected chi connectivity index (χ0v) is 14.8. The highest BCUT2D eigenvalue weighted by molar-refractivity contribution is 5.83. The summed E-state index contributed by atoms with van der Waals surface area (Å²) in [7, 11) is 0. The Hall–Kier alpha value is -3.88. The molecule has 4 aromatic rings. The summed E-state index contributed by atoms with van der Waals surface area (Å²) in [5.41, 5.74) is 0.723. The van der Waals surface area contributed by atoms with Gasteiger partial charge in [-0.3, -0.25) is 25.2 Å². The third kappa shape index (κ3) is 3.02. The molecule has 0 atom stereocenters. The molecular formula is C19H15FN6O2. The second-order valence-corrected chi connectivity index (χ2v) is 6.26. The topological polar surface area (TPSA) is 114 Å². The maximum atomic E-state index is 14.3. The molecule has 0 fully saturated rings. The lowest BCUT2D eigenvalue weighted by molar-refractivity contribution is 0.426. The van der Waals surface area contributed by atoms with Crippen LogP contribution in [-0.2, 0) is 6.54 Å². The van der Waals surface area contributed by atoms with Gasteiger partial charge in [0.05, 0.1) is 23.1 Å². The molecule has 0 amide bonds. The van der Waals surface area contributed by atoms with Crippen LogP contribution in [0, 0.1) is 23.6 Å². The Morgan fingerprint density at radius 1 is 1.32 bits per heavy atom. The molecule has 0 aliphatic carbocycles. The molecule has 28 heavy (non-hydrogen) atoms. The van der Waals surface area contributed by atoms with Gasteiger partial charge in [0.15, 0.2) is 17.1 Å². The van der Waals surface area contributed by atoms with Crippen molar-refractivity contribution >= 4 is 16.7 Å². The minimum atomic E-state index is -0.814. The Labute approximate surface area is 157 Å². The molecule has 0 aliphatic heterocycles. The number of fused-ring (bicyclic) bond motifs is 1. The first-order chi connectivity index (χ1) is 13.4. The largest absolute Gasteiger partial charge is 0.356 e. The fourth-order valence-corrected chi connectivity index (χ4v) is 2.88. The maximum Gasteiger partial charge on any atom is 0.260 e. The van der Waals surface area contributed by atoms with Gasteiger partial charge in [0.1, 0.15) is 5.84 Å². The van der Waals surface area contributed by atoms with Crippen molar-refractivity contribution < 1.29 is 8.91 Å². The average molecular weight is 378 g/mol. The third-order valence-electron chi connectivity index (χ3n) is 4.28. The summed E-state index contributed by atoms with van der Waals surface area (Å²) in [5, 5.41) is 20.5. The van der Waals surface area contributed by atoms with Gasteiger partial charge in [-0.1, -0.05) is 5.16 Å². The molecular weight excluding hydrogens is 363 g/mol. The molecule has 4 rings (SSSR count). The summed E-state index contributed by atoms with van der Waals surface area (Å²) in [6.07, 6.45) is 4.54. The number of rotatable bonds is 3. The van der Waals surface area contributed by atoms with Gasteiger partial charge in [-0.2, -0.15) is 0 Å².